The number of methoxy groups -OCH3 is 1. The summed E-state index contributed by atoms with van der Waals surface area (Å²) in [6.45, 7) is 1.52. The third kappa shape index (κ3) is 3.90. The highest BCUT2D eigenvalue weighted by atomic mass is 16.5. The summed E-state index contributed by atoms with van der Waals surface area (Å²) in [5.74, 6) is -0.264. The molecule has 0 spiro atoms. The van der Waals surface area contributed by atoms with Crippen molar-refractivity contribution in [2.24, 2.45) is 0 Å². The maximum Gasteiger partial charge on any atom is 0.306 e. The minimum Gasteiger partial charge on any atom is -0.497 e. The second kappa shape index (κ2) is 4.99. The Morgan fingerprint density at radius 2 is 1.94 bits per heavy atom. The first-order valence-electron chi connectivity index (χ1n) is 5.00. The van der Waals surface area contributed by atoms with Crippen molar-refractivity contribution >= 4 is 5.97 Å². The molecule has 1 aromatic carbocycles. The molecule has 2 N–H and O–H groups in total. The van der Waals surface area contributed by atoms with Crippen LogP contribution in [-0.4, -0.2) is 28.9 Å². The summed E-state index contributed by atoms with van der Waals surface area (Å²) < 4.78 is 5.01. The van der Waals surface area contributed by atoms with Crippen LogP contribution in [0.1, 0.15) is 18.9 Å². The fourth-order valence-corrected chi connectivity index (χ4v) is 1.57. The Balaban J connectivity index is 2.68. The molecule has 0 bridgehead atoms. The van der Waals surface area contributed by atoms with E-state index >= 15 is 0 Å². The van der Waals surface area contributed by atoms with E-state index in [9.17, 15) is 9.90 Å². The molecule has 1 atom stereocenters. The van der Waals surface area contributed by atoms with E-state index < -0.39 is 11.6 Å². The zero-order chi connectivity index (χ0) is 12.2. The normalized spacial score (nSPS) is 14.2. The lowest BCUT2D eigenvalue weighted by Crippen LogP contribution is -2.30. The summed E-state index contributed by atoms with van der Waals surface area (Å²) in [4.78, 5) is 10.5. The summed E-state index contributed by atoms with van der Waals surface area (Å²) in [7, 11) is 1.58. The van der Waals surface area contributed by atoms with Gasteiger partial charge in [0.05, 0.1) is 19.1 Å². The Labute approximate surface area is 94.5 Å². The number of benzene rings is 1. The van der Waals surface area contributed by atoms with Gasteiger partial charge in [0, 0.05) is 6.42 Å². The van der Waals surface area contributed by atoms with E-state index in [1.165, 1.54) is 6.92 Å². The van der Waals surface area contributed by atoms with Crippen LogP contribution < -0.4 is 4.74 Å². The number of ether oxygens (including phenoxy) is 1. The van der Waals surface area contributed by atoms with E-state index in [-0.39, 0.29) is 6.42 Å². The lowest BCUT2D eigenvalue weighted by Gasteiger charge is -2.21. The first kappa shape index (κ1) is 12.5. The van der Waals surface area contributed by atoms with Crippen LogP contribution in [0.5, 0.6) is 5.75 Å². The van der Waals surface area contributed by atoms with E-state index in [1.807, 2.05) is 12.1 Å². The third-order valence-electron chi connectivity index (χ3n) is 2.28. The molecular formula is C12H16O4. The molecule has 1 unspecified atom stereocenters. The van der Waals surface area contributed by atoms with Crippen LogP contribution in [0, 0.1) is 0 Å². The number of aliphatic carboxylic acids is 1. The Morgan fingerprint density at radius 1 is 1.38 bits per heavy atom. The molecule has 0 saturated carbocycles. The van der Waals surface area contributed by atoms with E-state index in [1.54, 1.807) is 19.2 Å². The van der Waals surface area contributed by atoms with Crippen LogP contribution in [0.25, 0.3) is 0 Å². The molecule has 0 aliphatic heterocycles. The van der Waals surface area contributed by atoms with Gasteiger partial charge in [-0.05, 0) is 24.6 Å². The monoisotopic (exact) mass is 224 g/mol. The molecule has 0 aliphatic rings. The fourth-order valence-electron chi connectivity index (χ4n) is 1.57. The van der Waals surface area contributed by atoms with Crippen LogP contribution in [0.2, 0.25) is 0 Å². The molecule has 0 amide bonds. The topological polar surface area (TPSA) is 66.8 Å². The van der Waals surface area contributed by atoms with Gasteiger partial charge in [0.25, 0.3) is 0 Å². The molecule has 88 valence electrons. The van der Waals surface area contributed by atoms with Crippen LogP contribution in [0.4, 0.5) is 0 Å². The van der Waals surface area contributed by atoms with Crippen molar-refractivity contribution in [3.8, 4) is 5.75 Å². The van der Waals surface area contributed by atoms with Crippen molar-refractivity contribution in [1.29, 1.82) is 0 Å². The summed E-state index contributed by atoms with van der Waals surface area (Å²) in [5.41, 5.74) is -0.340. The van der Waals surface area contributed by atoms with Gasteiger partial charge in [0.15, 0.2) is 0 Å². The minimum atomic E-state index is -1.22. The molecule has 0 fully saturated rings. The van der Waals surface area contributed by atoms with Crippen LogP contribution >= 0.6 is 0 Å². The average molecular weight is 224 g/mol. The van der Waals surface area contributed by atoms with Gasteiger partial charge in [-0.3, -0.25) is 4.79 Å². The molecule has 4 nitrogen and oxygen atoms in total. The lowest BCUT2D eigenvalue weighted by molar-refractivity contribution is -0.141. The van der Waals surface area contributed by atoms with Crippen LogP contribution in [-0.2, 0) is 11.2 Å². The van der Waals surface area contributed by atoms with Gasteiger partial charge in [0.1, 0.15) is 5.75 Å². The minimum absolute atomic E-state index is 0.265. The number of hydrogen-bond donors (Lipinski definition) is 2. The van der Waals surface area contributed by atoms with Gasteiger partial charge in [-0.2, -0.15) is 0 Å². The number of carboxylic acid groups (broad SMARTS) is 1. The first-order chi connectivity index (χ1) is 7.43. The largest absolute Gasteiger partial charge is 0.497 e. The van der Waals surface area contributed by atoms with Gasteiger partial charge >= 0.3 is 5.97 Å². The molecule has 0 aliphatic carbocycles. The second-order valence-corrected chi connectivity index (χ2v) is 4.09. The van der Waals surface area contributed by atoms with E-state index in [2.05, 4.69) is 0 Å². The highest BCUT2D eigenvalue weighted by Crippen LogP contribution is 2.19. The smallest absolute Gasteiger partial charge is 0.306 e. The highest BCUT2D eigenvalue weighted by Gasteiger charge is 2.24. The standard InChI is InChI=1S/C12H16O4/c1-12(15,8-11(13)14)7-9-3-5-10(16-2)6-4-9/h3-6,15H,7-8H2,1-2H3,(H,13,14). The number of carboxylic acids is 1. The fraction of sp³-hybridized carbons (Fsp3) is 0.417. The predicted octanol–water partition coefficient (Wildman–Crippen LogP) is 1.46. The number of carbonyl (C=O) groups is 1. The Bertz CT molecular complexity index is 354. The average Bonchev–Trinajstić information content (AvgIpc) is 2.16. The van der Waals surface area contributed by atoms with Crippen molar-refractivity contribution in [3.63, 3.8) is 0 Å². The SMILES string of the molecule is COc1ccc(CC(C)(O)CC(=O)O)cc1. The van der Waals surface area contributed by atoms with E-state index in [0.717, 1.165) is 11.3 Å². The van der Waals surface area contributed by atoms with Crippen molar-refractivity contribution in [3.05, 3.63) is 29.8 Å². The maximum atomic E-state index is 10.5. The number of aliphatic hydroxyl groups is 1. The molecule has 1 aromatic rings. The Hall–Kier alpha value is -1.55. The summed E-state index contributed by atoms with van der Waals surface area (Å²) >= 11 is 0. The van der Waals surface area contributed by atoms with Crippen molar-refractivity contribution in [2.45, 2.75) is 25.4 Å². The van der Waals surface area contributed by atoms with Crippen LogP contribution in [0.15, 0.2) is 24.3 Å². The van der Waals surface area contributed by atoms with Crippen molar-refractivity contribution < 1.29 is 19.7 Å². The number of rotatable bonds is 5. The highest BCUT2D eigenvalue weighted by molar-refractivity contribution is 5.68. The van der Waals surface area contributed by atoms with Gasteiger partial charge in [-0.25, -0.2) is 0 Å². The molecule has 1 rings (SSSR count). The van der Waals surface area contributed by atoms with Crippen molar-refractivity contribution in [2.75, 3.05) is 7.11 Å². The molecule has 0 heterocycles. The molecule has 0 radical (unpaired) electrons. The van der Waals surface area contributed by atoms with E-state index in [4.69, 9.17) is 9.84 Å². The quantitative estimate of drug-likeness (QED) is 0.794. The maximum absolute atomic E-state index is 10.5. The second-order valence-electron chi connectivity index (χ2n) is 4.09. The Morgan fingerprint density at radius 3 is 2.38 bits per heavy atom. The van der Waals surface area contributed by atoms with Gasteiger partial charge in [0.2, 0.25) is 0 Å². The lowest BCUT2D eigenvalue weighted by atomic mass is 9.93. The third-order valence-corrected chi connectivity index (χ3v) is 2.28. The first-order valence-corrected chi connectivity index (χ1v) is 5.00. The summed E-state index contributed by atoms with van der Waals surface area (Å²) in [5, 5.41) is 18.5. The Kier molecular flexibility index (Phi) is 3.90. The predicted molar refractivity (Wildman–Crippen MR) is 59.6 cm³/mol. The van der Waals surface area contributed by atoms with Crippen molar-refractivity contribution in [1.82, 2.24) is 0 Å². The van der Waals surface area contributed by atoms with Gasteiger partial charge < -0.3 is 14.9 Å². The molecular weight excluding hydrogens is 208 g/mol. The van der Waals surface area contributed by atoms with Gasteiger partial charge in [-0.1, -0.05) is 12.1 Å². The zero-order valence-corrected chi connectivity index (χ0v) is 9.43. The van der Waals surface area contributed by atoms with Gasteiger partial charge in [-0.15, -0.1) is 0 Å². The molecule has 16 heavy (non-hydrogen) atoms. The summed E-state index contributed by atoms with van der Waals surface area (Å²) in [6.07, 6.45) is 0.0440. The van der Waals surface area contributed by atoms with E-state index in [0.29, 0.717) is 6.42 Å². The molecule has 4 heteroatoms. The number of hydrogen-bond acceptors (Lipinski definition) is 3. The zero-order valence-electron chi connectivity index (χ0n) is 9.43. The molecule has 0 aromatic heterocycles. The van der Waals surface area contributed by atoms with Crippen LogP contribution in [0.3, 0.4) is 0 Å². The summed E-state index contributed by atoms with van der Waals surface area (Å²) in [6, 6.07) is 7.20. The molecule has 0 saturated heterocycles.